The quantitative estimate of drug-likeness (QED) is 0.585. The van der Waals surface area contributed by atoms with Crippen LogP contribution in [0, 0.1) is 0 Å². The Balaban J connectivity index is 2.01. The van der Waals surface area contributed by atoms with Crippen molar-refractivity contribution < 1.29 is 13.0 Å². The molecule has 0 aliphatic rings. The van der Waals surface area contributed by atoms with Crippen molar-refractivity contribution in [1.29, 1.82) is 0 Å². The van der Waals surface area contributed by atoms with E-state index in [1.54, 1.807) is 18.2 Å². The summed E-state index contributed by atoms with van der Waals surface area (Å²) in [6, 6.07) is 24.3. The smallest absolute Gasteiger partial charge is 0.282 e. The highest BCUT2D eigenvalue weighted by molar-refractivity contribution is 7.86. The maximum absolute atomic E-state index is 11.6. The van der Waals surface area contributed by atoms with Gasteiger partial charge in [-0.25, -0.2) is 0 Å². The van der Waals surface area contributed by atoms with Gasteiger partial charge in [-0.3, -0.25) is 4.55 Å². The molecule has 23 heavy (non-hydrogen) atoms. The van der Waals surface area contributed by atoms with E-state index in [0.717, 1.165) is 10.9 Å². The van der Waals surface area contributed by atoms with Gasteiger partial charge in [0, 0.05) is 5.56 Å². The van der Waals surface area contributed by atoms with Crippen LogP contribution in [0.4, 0.5) is 0 Å². The first-order valence-corrected chi connectivity index (χ1v) is 9.47. The Morgan fingerprint density at radius 3 is 2.13 bits per heavy atom. The van der Waals surface area contributed by atoms with Gasteiger partial charge in [0.25, 0.3) is 10.1 Å². The molecule has 0 saturated carbocycles. The molecule has 3 aromatic rings. The first-order valence-electron chi connectivity index (χ1n) is 7.03. The molecule has 3 rings (SSSR count). The van der Waals surface area contributed by atoms with E-state index in [4.69, 9.17) is 0 Å². The lowest BCUT2D eigenvalue weighted by atomic mass is 10.1. The van der Waals surface area contributed by atoms with E-state index in [2.05, 4.69) is 12.1 Å². The third-order valence-corrected chi connectivity index (χ3v) is 5.53. The van der Waals surface area contributed by atoms with Crippen molar-refractivity contribution in [2.24, 2.45) is 0 Å². The van der Waals surface area contributed by atoms with Crippen molar-refractivity contribution in [3.05, 3.63) is 78.9 Å². The molecule has 0 radical (unpaired) electrons. The second-order valence-corrected chi connectivity index (χ2v) is 7.84. The molecule has 1 atom stereocenters. The second kappa shape index (κ2) is 6.63. The average Bonchev–Trinajstić information content (AvgIpc) is 2.55. The van der Waals surface area contributed by atoms with Crippen molar-refractivity contribution in [1.82, 2.24) is 0 Å². The van der Waals surface area contributed by atoms with E-state index in [-0.39, 0.29) is 4.90 Å². The van der Waals surface area contributed by atoms with Crippen molar-refractivity contribution >= 4 is 29.3 Å². The van der Waals surface area contributed by atoms with E-state index in [1.165, 1.54) is 11.4 Å². The van der Waals surface area contributed by atoms with E-state index in [1.807, 2.05) is 42.5 Å². The second-order valence-electron chi connectivity index (χ2n) is 5.04. The van der Waals surface area contributed by atoms with Crippen molar-refractivity contribution in [2.75, 3.05) is 0 Å². The fraction of sp³-hybridized carbons (Fsp3) is 0. The van der Waals surface area contributed by atoms with Gasteiger partial charge in [-0.05, 0) is 28.3 Å². The van der Waals surface area contributed by atoms with Crippen molar-refractivity contribution in [3.63, 3.8) is 0 Å². The zero-order valence-electron chi connectivity index (χ0n) is 12.2. The molecular weight excluding hydrogens is 327 g/mol. The van der Waals surface area contributed by atoms with Crippen LogP contribution in [0.2, 0.25) is 0 Å². The Morgan fingerprint density at radius 2 is 1.39 bits per heavy atom. The monoisotopic (exact) mass is 342 g/mol. The van der Waals surface area contributed by atoms with E-state index in [0.29, 0.717) is 14.1 Å². The maximum Gasteiger partial charge on any atom is 0.295 e. The average molecular weight is 342 g/mol. The molecule has 1 N–H and O–H groups in total. The largest absolute Gasteiger partial charge is 0.295 e. The van der Waals surface area contributed by atoms with Gasteiger partial charge in [-0.15, -0.1) is 0 Å². The number of hydrogen-bond acceptors (Lipinski definition) is 2. The van der Waals surface area contributed by atoms with Gasteiger partial charge in [0.15, 0.2) is 0 Å². The molecule has 0 heterocycles. The summed E-state index contributed by atoms with van der Waals surface area (Å²) >= 11 is 0. The molecule has 0 fully saturated rings. The van der Waals surface area contributed by atoms with Gasteiger partial charge in [0.1, 0.15) is 4.90 Å². The Hall–Kier alpha value is -2.00. The molecule has 0 aliphatic carbocycles. The summed E-state index contributed by atoms with van der Waals surface area (Å²) < 4.78 is 32.5. The van der Waals surface area contributed by atoms with E-state index in [9.17, 15) is 13.0 Å². The van der Waals surface area contributed by atoms with Gasteiger partial charge in [-0.2, -0.15) is 8.42 Å². The molecule has 3 aromatic carbocycles. The van der Waals surface area contributed by atoms with Crippen LogP contribution < -0.4 is 10.6 Å². The van der Waals surface area contributed by atoms with Crippen LogP contribution in [0.3, 0.4) is 0 Å². The highest BCUT2D eigenvalue weighted by Crippen LogP contribution is 2.27. The summed E-state index contributed by atoms with van der Waals surface area (Å²) in [5.74, 6) is 0. The first kappa shape index (κ1) is 15.9. The molecule has 0 aliphatic heterocycles. The van der Waals surface area contributed by atoms with Crippen LogP contribution >= 0.6 is 8.58 Å². The molecule has 5 heteroatoms. The van der Waals surface area contributed by atoms with Crippen LogP contribution in [0.25, 0.3) is 11.1 Å². The van der Waals surface area contributed by atoms with Crippen molar-refractivity contribution in [2.45, 2.75) is 4.90 Å². The Bertz CT molecular complexity index is 922. The summed E-state index contributed by atoms with van der Waals surface area (Å²) in [5.41, 5.74) is 1.29. The van der Waals surface area contributed by atoms with Crippen LogP contribution in [0.1, 0.15) is 0 Å². The number of rotatable bonds is 4. The SMILES string of the molecule is O=S(=O)(O)c1ccccc1-c1cccc(Pc2ccccc2)c1. The van der Waals surface area contributed by atoms with Gasteiger partial charge in [0.2, 0.25) is 0 Å². The fourth-order valence-corrected chi connectivity index (χ4v) is 4.20. The zero-order valence-corrected chi connectivity index (χ0v) is 14.0. The summed E-state index contributed by atoms with van der Waals surface area (Å²) in [7, 11) is -3.76. The summed E-state index contributed by atoms with van der Waals surface area (Å²) in [6.45, 7) is 0. The minimum absolute atomic E-state index is 0.0693. The van der Waals surface area contributed by atoms with Gasteiger partial charge in [-0.1, -0.05) is 75.3 Å². The van der Waals surface area contributed by atoms with Gasteiger partial charge < -0.3 is 0 Å². The molecule has 0 amide bonds. The lowest BCUT2D eigenvalue weighted by molar-refractivity contribution is 0.483. The van der Waals surface area contributed by atoms with Gasteiger partial charge >= 0.3 is 0 Å². The van der Waals surface area contributed by atoms with E-state index < -0.39 is 10.1 Å². The topological polar surface area (TPSA) is 54.4 Å². The molecular formula is C18H15O3PS. The number of hydrogen-bond donors (Lipinski definition) is 1. The first-order chi connectivity index (χ1) is 11.0. The standard InChI is InChI=1S/C18H15O3PS/c19-23(20,21)18-12-5-4-11-17(18)14-7-6-10-16(13-14)22-15-8-2-1-3-9-15/h1-13,22H,(H,19,20,21). The highest BCUT2D eigenvalue weighted by Gasteiger charge is 2.15. The molecule has 1 unspecified atom stereocenters. The summed E-state index contributed by atoms with van der Waals surface area (Å²) in [5, 5.41) is 2.33. The van der Waals surface area contributed by atoms with E-state index >= 15 is 0 Å². The summed E-state index contributed by atoms with van der Waals surface area (Å²) in [6.07, 6.45) is 0. The van der Waals surface area contributed by atoms with Crippen LogP contribution in [0.15, 0.2) is 83.8 Å². The van der Waals surface area contributed by atoms with Gasteiger partial charge in [0.05, 0.1) is 0 Å². The molecule has 0 spiro atoms. The minimum atomic E-state index is -4.25. The van der Waals surface area contributed by atoms with Crippen LogP contribution in [-0.4, -0.2) is 13.0 Å². The highest BCUT2D eigenvalue weighted by atomic mass is 32.2. The molecule has 0 saturated heterocycles. The normalized spacial score (nSPS) is 11.9. The number of benzene rings is 3. The zero-order chi connectivity index (χ0) is 16.3. The molecule has 3 nitrogen and oxygen atoms in total. The Kier molecular flexibility index (Phi) is 4.58. The maximum atomic E-state index is 11.6. The Morgan fingerprint density at radius 1 is 0.739 bits per heavy atom. The Labute approximate surface area is 137 Å². The third kappa shape index (κ3) is 3.85. The summed E-state index contributed by atoms with van der Waals surface area (Å²) in [4.78, 5) is -0.0693. The predicted molar refractivity (Wildman–Crippen MR) is 95.7 cm³/mol. The lowest BCUT2D eigenvalue weighted by Gasteiger charge is -2.09. The van der Waals surface area contributed by atoms with Crippen molar-refractivity contribution in [3.8, 4) is 11.1 Å². The molecule has 0 bridgehead atoms. The van der Waals surface area contributed by atoms with Crippen LogP contribution in [-0.2, 0) is 10.1 Å². The molecule has 0 aromatic heterocycles. The third-order valence-electron chi connectivity index (χ3n) is 3.40. The fourth-order valence-electron chi connectivity index (χ4n) is 2.38. The lowest BCUT2D eigenvalue weighted by Crippen LogP contribution is -2.04. The minimum Gasteiger partial charge on any atom is -0.282 e. The van der Waals surface area contributed by atoms with Crippen LogP contribution in [0.5, 0.6) is 0 Å². The molecule has 116 valence electrons. The predicted octanol–water partition coefficient (Wildman–Crippen LogP) is 3.23.